The van der Waals surface area contributed by atoms with E-state index in [2.05, 4.69) is 0 Å². The van der Waals surface area contributed by atoms with Gasteiger partial charge in [0.25, 0.3) is 0 Å². The van der Waals surface area contributed by atoms with Crippen molar-refractivity contribution in [3.8, 4) is 0 Å². The quantitative estimate of drug-likeness (QED) is 0.871. The van der Waals surface area contributed by atoms with E-state index in [1.165, 1.54) is 6.07 Å². The van der Waals surface area contributed by atoms with E-state index in [9.17, 15) is 18.3 Å². The van der Waals surface area contributed by atoms with Gasteiger partial charge in [0.1, 0.15) is 0 Å². The minimum atomic E-state index is -4.41. The van der Waals surface area contributed by atoms with Crippen molar-refractivity contribution in [1.82, 2.24) is 4.57 Å². The summed E-state index contributed by atoms with van der Waals surface area (Å²) in [6.45, 7) is 3.38. The molecule has 1 aromatic heterocycles. The molecule has 0 bridgehead atoms. The summed E-state index contributed by atoms with van der Waals surface area (Å²) in [7, 11) is 0. The summed E-state index contributed by atoms with van der Waals surface area (Å²) in [6.07, 6.45) is -2.82. The zero-order valence-corrected chi connectivity index (χ0v) is 10.1. The minimum absolute atomic E-state index is 0.0382. The molecular formula is C13H14F3NO. The standard InChI is InChI=1S/C13H14F3NO/c1-8(2)17-6-9(7-18)12-10(13(14,15)16)4-3-5-11(12)17/h3-6,8,18H,7H2,1-2H3. The molecule has 5 heteroatoms. The summed E-state index contributed by atoms with van der Waals surface area (Å²) in [5.41, 5.74) is 0.124. The molecule has 0 atom stereocenters. The van der Waals surface area contributed by atoms with Gasteiger partial charge < -0.3 is 9.67 Å². The molecule has 0 fully saturated rings. The predicted octanol–water partition coefficient (Wildman–Crippen LogP) is 3.73. The number of hydrogen-bond donors (Lipinski definition) is 1. The highest BCUT2D eigenvalue weighted by Crippen LogP contribution is 2.37. The van der Waals surface area contributed by atoms with Gasteiger partial charge in [0.15, 0.2) is 0 Å². The van der Waals surface area contributed by atoms with Crippen LogP contribution in [0.3, 0.4) is 0 Å². The number of halogens is 3. The van der Waals surface area contributed by atoms with Crippen LogP contribution in [0.15, 0.2) is 24.4 Å². The number of nitrogens with zero attached hydrogens (tertiary/aromatic N) is 1. The van der Waals surface area contributed by atoms with Gasteiger partial charge in [-0.1, -0.05) is 6.07 Å². The molecule has 2 nitrogen and oxygen atoms in total. The predicted molar refractivity (Wildman–Crippen MR) is 63.2 cm³/mol. The van der Waals surface area contributed by atoms with Crippen molar-refractivity contribution in [3.05, 3.63) is 35.5 Å². The van der Waals surface area contributed by atoms with Crippen LogP contribution in [0.5, 0.6) is 0 Å². The highest BCUT2D eigenvalue weighted by molar-refractivity contribution is 5.88. The Balaban J connectivity index is 2.84. The van der Waals surface area contributed by atoms with E-state index >= 15 is 0 Å². The van der Waals surface area contributed by atoms with E-state index in [0.29, 0.717) is 11.1 Å². The van der Waals surface area contributed by atoms with Gasteiger partial charge in [-0.3, -0.25) is 0 Å². The van der Waals surface area contributed by atoms with Gasteiger partial charge in [0.2, 0.25) is 0 Å². The van der Waals surface area contributed by atoms with E-state index < -0.39 is 18.3 Å². The van der Waals surface area contributed by atoms with Crippen LogP contribution < -0.4 is 0 Å². The number of fused-ring (bicyclic) bond motifs is 1. The molecule has 2 aromatic rings. The van der Waals surface area contributed by atoms with E-state index in [1.807, 2.05) is 13.8 Å². The lowest BCUT2D eigenvalue weighted by Crippen LogP contribution is -2.06. The van der Waals surface area contributed by atoms with Gasteiger partial charge in [0.05, 0.1) is 12.2 Å². The first kappa shape index (κ1) is 13.0. The lowest BCUT2D eigenvalue weighted by Gasteiger charge is -2.11. The maximum absolute atomic E-state index is 13.0. The lowest BCUT2D eigenvalue weighted by atomic mass is 10.1. The molecule has 0 unspecified atom stereocenters. The maximum atomic E-state index is 13.0. The summed E-state index contributed by atoms with van der Waals surface area (Å²) in [4.78, 5) is 0. The molecule has 0 saturated carbocycles. The molecule has 0 amide bonds. The Hall–Kier alpha value is -1.49. The average Bonchev–Trinajstić information content (AvgIpc) is 2.66. The molecule has 0 spiro atoms. The van der Waals surface area contributed by atoms with E-state index in [0.717, 1.165) is 6.07 Å². The summed E-state index contributed by atoms with van der Waals surface area (Å²) >= 11 is 0. The molecule has 2 rings (SSSR count). The summed E-state index contributed by atoms with van der Waals surface area (Å²) in [5, 5.41) is 9.34. The van der Waals surface area contributed by atoms with E-state index in [-0.39, 0.29) is 11.4 Å². The van der Waals surface area contributed by atoms with E-state index in [4.69, 9.17) is 0 Å². The number of benzene rings is 1. The minimum Gasteiger partial charge on any atom is -0.392 e. The normalized spacial score (nSPS) is 12.6. The fraction of sp³-hybridized carbons (Fsp3) is 0.385. The van der Waals surface area contributed by atoms with Crippen molar-refractivity contribution < 1.29 is 18.3 Å². The Kier molecular flexibility index (Phi) is 3.11. The Morgan fingerprint density at radius 1 is 1.28 bits per heavy atom. The first-order valence-electron chi connectivity index (χ1n) is 5.66. The number of alkyl halides is 3. The molecule has 1 N–H and O–H groups in total. The van der Waals surface area contributed by atoms with Crippen LogP contribution in [0, 0.1) is 0 Å². The molecule has 0 aliphatic rings. The first-order chi connectivity index (χ1) is 8.36. The second kappa shape index (κ2) is 4.31. The zero-order chi connectivity index (χ0) is 13.5. The van der Waals surface area contributed by atoms with Crippen LogP contribution in [0.2, 0.25) is 0 Å². The number of hydrogen-bond acceptors (Lipinski definition) is 1. The highest BCUT2D eigenvalue weighted by atomic mass is 19.4. The fourth-order valence-corrected chi connectivity index (χ4v) is 2.18. The largest absolute Gasteiger partial charge is 0.417 e. The van der Waals surface area contributed by atoms with Crippen molar-refractivity contribution in [3.63, 3.8) is 0 Å². The third-order valence-electron chi connectivity index (χ3n) is 2.97. The zero-order valence-electron chi connectivity index (χ0n) is 10.1. The molecule has 1 heterocycles. The van der Waals surface area contributed by atoms with Crippen molar-refractivity contribution >= 4 is 10.9 Å². The number of rotatable bonds is 2. The summed E-state index contributed by atoms with van der Waals surface area (Å²) in [6, 6.07) is 4.12. The summed E-state index contributed by atoms with van der Waals surface area (Å²) in [5.74, 6) is 0. The molecule has 1 aromatic carbocycles. The Bertz CT molecular complexity index is 569. The molecule has 0 saturated heterocycles. The molecule has 0 radical (unpaired) electrons. The van der Waals surface area contributed by atoms with E-state index in [1.54, 1.807) is 16.8 Å². The van der Waals surface area contributed by atoms with Crippen molar-refractivity contribution in [2.45, 2.75) is 32.7 Å². The van der Waals surface area contributed by atoms with Gasteiger partial charge in [-0.05, 0) is 26.0 Å². The van der Waals surface area contributed by atoms with Crippen molar-refractivity contribution in [2.24, 2.45) is 0 Å². The third kappa shape index (κ3) is 1.99. The van der Waals surface area contributed by atoms with Gasteiger partial charge in [-0.15, -0.1) is 0 Å². The van der Waals surface area contributed by atoms with Crippen LogP contribution in [-0.4, -0.2) is 9.67 Å². The third-order valence-corrected chi connectivity index (χ3v) is 2.97. The first-order valence-corrected chi connectivity index (χ1v) is 5.66. The van der Waals surface area contributed by atoms with Gasteiger partial charge in [-0.2, -0.15) is 13.2 Å². The smallest absolute Gasteiger partial charge is 0.392 e. The van der Waals surface area contributed by atoms with Gasteiger partial charge in [0, 0.05) is 28.7 Å². The monoisotopic (exact) mass is 257 g/mol. The number of aliphatic hydroxyl groups is 1. The Labute approximate surface area is 103 Å². The van der Waals surface area contributed by atoms with Crippen LogP contribution in [0.25, 0.3) is 10.9 Å². The fourth-order valence-electron chi connectivity index (χ4n) is 2.18. The van der Waals surface area contributed by atoms with Crippen LogP contribution in [0.4, 0.5) is 13.2 Å². The molecule has 98 valence electrons. The van der Waals surface area contributed by atoms with Crippen molar-refractivity contribution in [1.29, 1.82) is 0 Å². The molecule has 0 aliphatic heterocycles. The second-order valence-electron chi connectivity index (χ2n) is 4.51. The Morgan fingerprint density at radius 2 is 1.94 bits per heavy atom. The Morgan fingerprint density at radius 3 is 2.44 bits per heavy atom. The highest BCUT2D eigenvalue weighted by Gasteiger charge is 2.34. The topological polar surface area (TPSA) is 25.2 Å². The van der Waals surface area contributed by atoms with Crippen LogP contribution in [-0.2, 0) is 12.8 Å². The van der Waals surface area contributed by atoms with Crippen LogP contribution >= 0.6 is 0 Å². The maximum Gasteiger partial charge on any atom is 0.417 e. The molecule has 0 aliphatic carbocycles. The van der Waals surface area contributed by atoms with Crippen molar-refractivity contribution in [2.75, 3.05) is 0 Å². The summed E-state index contributed by atoms with van der Waals surface area (Å²) < 4.78 is 40.6. The van der Waals surface area contributed by atoms with Gasteiger partial charge in [-0.25, -0.2) is 0 Å². The number of aliphatic hydroxyl groups excluding tert-OH is 1. The number of aromatic nitrogens is 1. The van der Waals surface area contributed by atoms with Crippen LogP contribution in [0.1, 0.15) is 31.0 Å². The molecule has 18 heavy (non-hydrogen) atoms. The average molecular weight is 257 g/mol. The second-order valence-corrected chi connectivity index (χ2v) is 4.51. The lowest BCUT2D eigenvalue weighted by molar-refractivity contribution is -0.136. The van der Waals surface area contributed by atoms with Gasteiger partial charge >= 0.3 is 6.18 Å². The SMILES string of the molecule is CC(C)n1cc(CO)c2c(C(F)(F)F)cccc21. The molecular weight excluding hydrogens is 243 g/mol.